The van der Waals surface area contributed by atoms with Crippen LogP contribution in [0.2, 0.25) is 0 Å². The van der Waals surface area contributed by atoms with Crippen LogP contribution in [0.15, 0.2) is 120 Å². The van der Waals surface area contributed by atoms with E-state index in [0.29, 0.717) is 36.6 Å². The molecule has 3 N–H and O–H groups in total. The van der Waals surface area contributed by atoms with Crippen LogP contribution in [0.3, 0.4) is 0 Å². The highest BCUT2D eigenvalue weighted by Gasteiger charge is 2.66. The van der Waals surface area contributed by atoms with Crippen molar-refractivity contribution in [2.45, 2.75) is 154 Å². The van der Waals surface area contributed by atoms with E-state index in [0.717, 1.165) is 78.0 Å². The van der Waals surface area contributed by atoms with Gasteiger partial charge in [0.2, 0.25) is 5.79 Å². The van der Waals surface area contributed by atoms with Crippen LogP contribution < -0.4 is 14.8 Å². The maximum atomic E-state index is 15.4. The Morgan fingerprint density at radius 2 is 1.55 bits per heavy atom. The lowest BCUT2D eigenvalue weighted by molar-refractivity contribution is -0.256. The topological polar surface area (TPSA) is 148 Å². The number of amides is 2. The summed E-state index contributed by atoms with van der Waals surface area (Å²) in [5.74, 6) is -1.45. The molecule has 0 saturated heterocycles. The van der Waals surface area contributed by atoms with Crippen molar-refractivity contribution < 1.29 is 43.6 Å². The quantitative estimate of drug-likeness (QED) is 0.0264. The number of fused-ring (bicyclic) bond motifs is 3. The highest BCUT2D eigenvalue weighted by Crippen LogP contribution is 2.62. The summed E-state index contributed by atoms with van der Waals surface area (Å²) in [5, 5.41) is 30.0. The molecule has 0 radical (unpaired) electrons. The molecule has 1 heterocycles. The molecule has 1 fully saturated rings. The SMILES string of the molecule is C=CCO[C@@]12Oc3ccc(OC(=O)NCC)cc3[C@H]3[C@H](CCCCO)[C@@H](CCCCO)C=C(C(=NOCc4ccccc4)C[C@@H]1N(Cc1cccc4ccccc14)C(=O)OCCCCCCCCCCCC)[C@H]32. The van der Waals surface area contributed by atoms with Gasteiger partial charge in [-0.05, 0) is 96.5 Å². The molecule has 2 aliphatic carbocycles. The molecule has 394 valence electrons. The number of unbranched alkanes of at least 4 members (excludes halogenated alkanes) is 11. The Kier molecular flexibility index (Phi) is 21.6. The molecule has 73 heavy (non-hydrogen) atoms. The minimum Gasteiger partial charge on any atom is -0.459 e. The van der Waals surface area contributed by atoms with Crippen molar-refractivity contribution in [2.24, 2.45) is 22.9 Å². The number of nitrogens with one attached hydrogen (secondary N) is 1. The summed E-state index contributed by atoms with van der Waals surface area (Å²) in [5.41, 5.74) is 4.36. The maximum Gasteiger partial charge on any atom is 0.412 e. The Morgan fingerprint density at radius 1 is 0.836 bits per heavy atom. The summed E-state index contributed by atoms with van der Waals surface area (Å²) in [6.45, 7) is 9.57. The van der Waals surface area contributed by atoms with Gasteiger partial charge in [0.15, 0.2) is 0 Å². The van der Waals surface area contributed by atoms with Gasteiger partial charge in [0.1, 0.15) is 24.1 Å². The smallest absolute Gasteiger partial charge is 0.412 e. The van der Waals surface area contributed by atoms with Crippen molar-refractivity contribution >= 4 is 28.7 Å². The second-order valence-corrected chi connectivity index (χ2v) is 20.0. The lowest BCUT2D eigenvalue weighted by Crippen LogP contribution is -2.70. The predicted octanol–water partition coefficient (Wildman–Crippen LogP) is 13.3. The molecule has 6 atom stereocenters. The molecule has 12 nitrogen and oxygen atoms in total. The number of rotatable bonds is 30. The number of hydrogen-bond donors (Lipinski definition) is 3. The van der Waals surface area contributed by atoms with Crippen LogP contribution >= 0.6 is 0 Å². The van der Waals surface area contributed by atoms with Crippen molar-refractivity contribution in [2.75, 3.05) is 33.0 Å². The fourth-order valence-corrected chi connectivity index (χ4v) is 11.5. The Labute approximate surface area is 434 Å². The van der Waals surface area contributed by atoms with Crippen LogP contribution in [-0.4, -0.2) is 77.8 Å². The van der Waals surface area contributed by atoms with Gasteiger partial charge in [-0.15, -0.1) is 6.58 Å². The Bertz CT molecular complexity index is 2420. The van der Waals surface area contributed by atoms with Gasteiger partial charge in [0.25, 0.3) is 0 Å². The molecular weight excluding hydrogens is 919 g/mol. The predicted molar refractivity (Wildman–Crippen MR) is 289 cm³/mol. The maximum absolute atomic E-state index is 15.4. The van der Waals surface area contributed by atoms with E-state index in [4.69, 9.17) is 28.9 Å². The molecule has 4 aromatic rings. The standard InChI is InChI=1S/C61H81N3O9/c1-4-7-8-9-10-11-12-13-14-24-39-69-60(68)64(43-48-31-25-30-46-28-18-19-32-50(46)48)56-42-54(63-71-44-45-26-16-15-17-27-45)52-40-47(29-20-22-36-65)51(33-21-23-37-66)57-53-41-49(72-59(67)62-6-3)34-35-55(53)73-61(56,58(52)57)70-38-5-2/h5,15-19,25-28,30-32,34-35,40-41,47,51,56-58,65-66H,2,4,6-14,20-24,29,33,36-39,42-44H2,1,3H3,(H,62,67)/t47-,51+,56-,57+,58+,61+/m0/s1. The molecule has 0 aromatic heterocycles. The van der Waals surface area contributed by atoms with Crippen molar-refractivity contribution in [1.82, 2.24) is 10.2 Å². The lowest BCUT2D eigenvalue weighted by atomic mass is 9.55. The second kappa shape index (κ2) is 28.7. The molecule has 0 spiro atoms. The highest BCUT2D eigenvalue weighted by molar-refractivity contribution is 6.03. The van der Waals surface area contributed by atoms with Crippen molar-refractivity contribution in [1.29, 1.82) is 0 Å². The number of hydrogen-bond acceptors (Lipinski definition) is 10. The third kappa shape index (κ3) is 14.3. The van der Waals surface area contributed by atoms with Gasteiger partial charge in [-0.1, -0.05) is 168 Å². The van der Waals surface area contributed by atoms with Gasteiger partial charge >= 0.3 is 12.2 Å². The summed E-state index contributed by atoms with van der Waals surface area (Å²) in [7, 11) is 0. The van der Waals surface area contributed by atoms with Crippen LogP contribution in [0.5, 0.6) is 11.5 Å². The Hall–Kier alpha value is -5.69. The van der Waals surface area contributed by atoms with Crippen LogP contribution in [0.1, 0.15) is 146 Å². The number of carbonyl (C=O) groups is 2. The molecule has 0 bridgehead atoms. The van der Waals surface area contributed by atoms with Gasteiger partial charge < -0.3 is 39.3 Å². The summed E-state index contributed by atoms with van der Waals surface area (Å²) in [6.07, 6.45) is 19.3. The number of nitrogens with zero attached hydrogens (tertiary/aromatic N) is 2. The van der Waals surface area contributed by atoms with Crippen LogP contribution in [0, 0.1) is 17.8 Å². The number of aliphatic hydroxyl groups is 2. The molecule has 12 heteroatoms. The van der Waals surface area contributed by atoms with Crippen molar-refractivity contribution in [3.63, 3.8) is 0 Å². The lowest BCUT2D eigenvalue weighted by Gasteiger charge is -2.59. The van der Waals surface area contributed by atoms with E-state index in [2.05, 4.69) is 49.2 Å². The number of aliphatic hydroxyl groups excluding tert-OH is 2. The summed E-state index contributed by atoms with van der Waals surface area (Å²) < 4.78 is 27.0. The number of ether oxygens (including phenoxy) is 4. The summed E-state index contributed by atoms with van der Waals surface area (Å²) in [6, 6.07) is 29.0. The molecular formula is C61H81N3O9. The van der Waals surface area contributed by atoms with Crippen LogP contribution in [0.4, 0.5) is 9.59 Å². The molecule has 3 aliphatic rings. The highest BCUT2D eigenvalue weighted by atomic mass is 16.7. The van der Waals surface area contributed by atoms with Gasteiger partial charge in [-0.2, -0.15) is 0 Å². The van der Waals surface area contributed by atoms with E-state index in [1.807, 2.05) is 72.5 Å². The number of carbonyl (C=O) groups excluding carboxylic acids is 2. The van der Waals surface area contributed by atoms with Crippen LogP contribution in [-0.2, 0) is 27.5 Å². The minimum absolute atomic E-state index is 0.0196. The first-order valence-corrected chi connectivity index (χ1v) is 27.5. The number of oxime groups is 1. The fraction of sp³-hybridized carbons (Fsp3) is 0.525. The first kappa shape index (κ1) is 55.1. The second-order valence-electron chi connectivity index (χ2n) is 20.0. The third-order valence-corrected chi connectivity index (χ3v) is 15.0. The Morgan fingerprint density at radius 3 is 2.29 bits per heavy atom. The van der Waals surface area contributed by atoms with Gasteiger partial charge in [-0.3, -0.25) is 4.90 Å². The van der Waals surface area contributed by atoms with E-state index in [1.54, 1.807) is 12.1 Å². The molecule has 1 aliphatic heterocycles. The molecule has 1 saturated carbocycles. The van der Waals surface area contributed by atoms with E-state index in [-0.39, 0.29) is 63.8 Å². The molecule has 2 amide bonds. The van der Waals surface area contributed by atoms with E-state index in [1.165, 1.54) is 44.9 Å². The number of allylic oxidation sites excluding steroid dienone is 1. The molecule has 4 aromatic carbocycles. The monoisotopic (exact) mass is 1000 g/mol. The van der Waals surface area contributed by atoms with Crippen molar-refractivity contribution in [3.05, 3.63) is 132 Å². The third-order valence-electron chi connectivity index (χ3n) is 15.0. The van der Waals surface area contributed by atoms with E-state index < -0.39 is 29.9 Å². The van der Waals surface area contributed by atoms with E-state index >= 15 is 4.79 Å². The summed E-state index contributed by atoms with van der Waals surface area (Å²) in [4.78, 5) is 36.5. The average Bonchev–Trinajstić information content (AvgIpc) is 3.41. The van der Waals surface area contributed by atoms with Gasteiger partial charge in [0, 0.05) is 37.7 Å². The first-order valence-electron chi connectivity index (χ1n) is 27.5. The zero-order chi connectivity index (χ0) is 51.3. The fourth-order valence-electron chi connectivity index (χ4n) is 11.5. The zero-order valence-electron chi connectivity index (χ0n) is 43.5. The van der Waals surface area contributed by atoms with Crippen LogP contribution in [0.25, 0.3) is 10.8 Å². The van der Waals surface area contributed by atoms with Crippen molar-refractivity contribution in [3.8, 4) is 11.5 Å². The molecule has 7 rings (SSSR count). The Balaban J connectivity index is 1.36. The van der Waals surface area contributed by atoms with Gasteiger partial charge in [-0.25, -0.2) is 9.59 Å². The average molecular weight is 1000 g/mol. The minimum atomic E-state index is -1.51. The largest absolute Gasteiger partial charge is 0.459 e. The van der Waals surface area contributed by atoms with Gasteiger partial charge in [0.05, 0.1) is 31.4 Å². The normalized spacial score (nSPS) is 21.3. The first-order chi connectivity index (χ1) is 35.8. The number of benzene rings is 4. The molecule has 0 unspecified atom stereocenters. The summed E-state index contributed by atoms with van der Waals surface area (Å²) >= 11 is 0. The van der Waals surface area contributed by atoms with E-state index in [9.17, 15) is 15.0 Å². The zero-order valence-corrected chi connectivity index (χ0v) is 43.5.